The third-order valence-corrected chi connectivity index (χ3v) is 4.96. The standard InChI is InChI=1S/C23H22BrNO4/c1-27-18-10-12-19(13-11-18)28-15-14-25-23(26)20-7-3-5-9-22(20)29-16-17-6-2-4-8-21(17)24/h2-13H,14-16H2,1H3,(H,25,26). The number of para-hydroxylation sites is 1. The van der Waals surface area contributed by atoms with E-state index in [1.54, 1.807) is 19.2 Å². The average molecular weight is 456 g/mol. The van der Waals surface area contributed by atoms with E-state index in [0.29, 0.717) is 31.1 Å². The molecule has 1 amide bonds. The lowest BCUT2D eigenvalue weighted by Gasteiger charge is -2.13. The molecule has 3 rings (SSSR count). The molecule has 0 heterocycles. The summed E-state index contributed by atoms with van der Waals surface area (Å²) in [5, 5.41) is 2.86. The Morgan fingerprint density at radius 1 is 0.897 bits per heavy atom. The fourth-order valence-electron chi connectivity index (χ4n) is 2.65. The predicted octanol–water partition coefficient (Wildman–Crippen LogP) is 4.85. The van der Waals surface area contributed by atoms with E-state index in [2.05, 4.69) is 21.2 Å². The van der Waals surface area contributed by atoms with Gasteiger partial charge in [-0.15, -0.1) is 0 Å². The molecule has 0 bridgehead atoms. The van der Waals surface area contributed by atoms with Gasteiger partial charge in [-0.2, -0.15) is 0 Å². The van der Waals surface area contributed by atoms with Crippen molar-refractivity contribution in [3.63, 3.8) is 0 Å². The maximum Gasteiger partial charge on any atom is 0.255 e. The van der Waals surface area contributed by atoms with E-state index in [0.717, 1.165) is 21.5 Å². The summed E-state index contributed by atoms with van der Waals surface area (Å²) in [5.74, 6) is 1.82. The fourth-order valence-corrected chi connectivity index (χ4v) is 3.05. The lowest BCUT2D eigenvalue weighted by atomic mass is 10.2. The van der Waals surface area contributed by atoms with Crippen molar-refractivity contribution < 1.29 is 19.0 Å². The molecule has 0 saturated heterocycles. The van der Waals surface area contributed by atoms with Gasteiger partial charge in [0.2, 0.25) is 0 Å². The highest BCUT2D eigenvalue weighted by Gasteiger charge is 2.12. The Morgan fingerprint density at radius 2 is 1.59 bits per heavy atom. The van der Waals surface area contributed by atoms with Gasteiger partial charge in [-0.3, -0.25) is 4.79 Å². The van der Waals surface area contributed by atoms with Crippen LogP contribution in [-0.4, -0.2) is 26.2 Å². The molecule has 3 aromatic carbocycles. The van der Waals surface area contributed by atoms with Crippen molar-refractivity contribution in [2.45, 2.75) is 6.61 Å². The van der Waals surface area contributed by atoms with Crippen molar-refractivity contribution in [3.8, 4) is 17.2 Å². The number of benzene rings is 3. The van der Waals surface area contributed by atoms with Crippen molar-refractivity contribution in [2.24, 2.45) is 0 Å². The summed E-state index contributed by atoms with van der Waals surface area (Å²) in [6, 6.07) is 22.3. The van der Waals surface area contributed by atoms with Crippen molar-refractivity contribution in [1.82, 2.24) is 5.32 Å². The van der Waals surface area contributed by atoms with E-state index in [1.807, 2.05) is 60.7 Å². The molecule has 0 spiro atoms. The smallest absolute Gasteiger partial charge is 0.255 e. The number of carbonyl (C=O) groups is 1. The van der Waals surface area contributed by atoms with Crippen LogP contribution in [0.5, 0.6) is 17.2 Å². The van der Waals surface area contributed by atoms with Gasteiger partial charge in [0.25, 0.3) is 5.91 Å². The maximum absolute atomic E-state index is 12.6. The van der Waals surface area contributed by atoms with Crippen LogP contribution in [0.4, 0.5) is 0 Å². The van der Waals surface area contributed by atoms with Gasteiger partial charge in [-0.1, -0.05) is 46.3 Å². The molecule has 5 nitrogen and oxygen atoms in total. The second kappa shape index (κ2) is 10.5. The monoisotopic (exact) mass is 455 g/mol. The Labute approximate surface area is 178 Å². The topological polar surface area (TPSA) is 56.8 Å². The van der Waals surface area contributed by atoms with Crippen LogP contribution in [0.15, 0.2) is 77.3 Å². The zero-order valence-corrected chi connectivity index (χ0v) is 17.6. The number of halogens is 1. The van der Waals surface area contributed by atoms with E-state index in [1.165, 1.54) is 0 Å². The highest BCUT2D eigenvalue weighted by atomic mass is 79.9. The van der Waals surface area contributed by atoms with Crippen molar-refractivity contribution >= 4 is 21.8 Å². The summed E-state index contributed by atoms with van der Waals surface area (Å²) in [6.07, 6.45) is 0. The highest BCUT2D eigenvalue weighted by Crippen LogP contribution is 2.22. The zero-order chi connectivity index (χ0) is 20.5. The van der Waals surface area contributed by atoms with Gasteiger partial charge >= 0.3 is 0 Å². The zero-order valence-electron chi connectivity index (χ0n) is 16.1. The van der Waals surface area contributed by atoms with Crippen LogP contribution in [0.3, 0.4) is 0 Å². The molecule has 0 aliphatic rings. The minimum Gasteiger partial charge on any atom is -0.497 e. The van der Waals surface area contributed by atoms with E-state index >= 15 is 0 Å². The number of hydrogen-bond donors (Lipinski definition) is 1. The van der Waals surface area contributed by atoms with E-state index in [-0.39, 0.29) is 5.91 Å². The van der Waals surface area contributed by atoms with Crippen LogP contribution in [0.2, 0.25) is 0 Å². The second-order valence-corrected chi connectivity index (χ2v) is 7.01. The second-order valence-electron chi connectivity index (χ2n) is 6.16. The number of carbonyl (C=O) groups excluding carboxylic acids is 1. The van der Waals surface area contributed by atoms with Crippen LogP contribution in [-0.2, 0) is 6.61 Å². The van der Waals surface area contributed by atoms with Crippen LogP contribution >= 0.6 is 15.9 Å². The summed E-state index contributed by atoms with van der Waals surface area (Å²) in [6.45, 7) is 1.10. The number of hydrogen-bond acceptors (Lipinski definition) is 4. The molecule has 1 N–H and O–H groups in total. The summed E-state index contributed by atoms with van der Waals surface area (Å²) < 4.78 is 17.6. The molecule has 0 aliphatic heterocycles. The molecule has 0 saturated carbocycles. The van der Waals surface area contributed by atoms with Gasteiger partial charge in [0.15, 0.2) is 0 Å². The van der Waals surface area contributed by atoms with E-state index in [4.69, 9.17) is 14.2 Å². The fraction of sp³-hybridized carbons (Fsp3) is 0.174. The molecule has 150 valence electrons. The van der Waals surface area contributed by atoms with Gasteiger partial charge in [-0.05, 0) is 42.5 Å². The van der Waals surface area contributed by atoms with E-state index in [9.17, 15) is 4.79 Å². The third-order valence-electron chi connectivity index (χ3n) is 4.19. The molecule has 0 radical (unpaired) electrons. The quantitative estimate of drug-likeness (QED) is 0.468. The van der Waals surface area contributed by atoms with Crippen LogP contribution in [0, 0.1) is 0 Å². The van der Waals surface area contributed by atoms with Gasteiger partial charge in [-0.25, -0.2) is 0 Å². The Kier molecular flexibility index (Phi) is 7.53. The van der Waals surface area contributed by atoms with Gasteiger partial charge in [0.05, 0.1) is 19.2 Å². The molecule has 0 aliphatic carbocycles. The van der Waals surface area contributed by atoms with Crippen molar-refractivity contribution in [1.29, 1.82) is 0 Å². The molecule has 3 aromatic rings. The van der Waals surface area contributed by atoms with Gasteiger partial charge < -0.3 is 19.5 Å². The van der Waals surface area contributed by atoms with E-state index < -0.39 is 0 Å². The van der Waals surface area contributed by atoms with Crippen LogP contribution in [0.25, 0.3) is 0 Å². The minimum atomic E-state index is -0.203. The molecule has 29 heavy (non-hydrogen) atoms. The average Bonchev–Trinajstić information content (AvgIpc) is 2.76. The number of nitrogens with one attached hydrogen (secondary N) is 1. The first-order valence-corrected chi connectivity index (χ1v) is 9.97. The Balaban J connectivity index is 1.52. The lowest BCUT2D eigenvalue weighted by Crippen LogP contribution is -2.28. The number of ether oxygens (including phenoxy) is 3. The Bertz CT molecular complexity index is 944. The SMILES string of the molecule is COc1ccc(OCCNC(=O)c2ccccc2OCc2ccccc2Br)cc1. The number of methoxy groups -OCH3 is 1. The molecular formula is C23H22BrNO4. The van der Waals surface area contributed by atoms with Crippen LogP contribution < -0.4 is 19.5 Å². The summed E-state index contributed by atoms with van der Waals surface area (Å²) in [4.78, 5) is 12.6. The number of rotatable bonds is 9. The van der Waals surface area contributed by atoms with Crippen molar-refractivity contribution in [2.75, 3.05) is 20.3 Å². The highest BCUT2D eigenvalue weighted by molar-refractivity contribution is 9.10. The normalized spacial score (nSPS) is 10.3. The number of amides is 1. The summed E-state index contributed by atoms with van der Waals surface area (Å²) in [7, 11) is 1.62. The van der Waals surface area contributed by atoms with Gasteiger partial charge in [0.1, 0.15) is 30.5 Å². The summed E-state index contributed by atoms with van der Waals surface area (Å²) >= 11 is 3.51. The Hall–Kier alpha value is -2.99. The Morgan fingerprint density at radius 3 is 2.34 bits per heavy atom. The first kappa shape index (κ1) is 20.7. The first-order chi connectivity index (χ1) is 14.2. The molecule has 0 atom stereocenters. The van der Waals surface area contributed by atoms with Crippen molar-refractivity contribution in [3.05, 3.63) is 88.4 Å². The third kappa shape index (κ3) is 5.99. The van der Waals surface area contributed by atoms with Crippen LogP contribution in [0.1, 0.15) is 15.9 Å². The molecular weight excluding hydrogens is 434 g/mol. The largest absolute Gasteiger partial charge is 0.497 e. The lowest BCUT2D eigenvalue weighted by molar-refractivity contribution is 0.0942. The molecule has 0 fully saturated rings. The minimum absolute atomic E-state index is 0.203. The molecule has 0 aromatic heterocycles. The summed E-state index contributed by atoms with van der Waals surface area (Å²) in [5.41, 5.74) is 1.50. The molecule has 0 unspecified atom stereocenters. The van der Waals surface area contributed by atoms with Gasteiger partial charge in [0, 0.05) is 10.0 Å². The maximum atomic E-state index is 12.6. The predicted molar refractivity (Wildman–Crippen MR) is 116 cm³/mol. The first-order valence-electron chi connectivity index (χ1n) is 9.17. The molecule has 6 heteroatoms.